The molecular weight excluding hydrogens is 514 g/mol. The van der Waals surface area contributed by atoms with Gasteiger partial charge in [0.15, 0.2) is 0 Å². The van der Waals surface area contributed by atoms with Gasteiger partial charge in [0.05, 0.1) is 67.7 Å². The summed E-state index contributed by atoms with van der Waals surface area (Å²) in [6.45, 7) is 5.02. The number of esters is 5. The second kappa shape index (κ2) is 23.1. The van der Waals surface area contributed by atoms with Gasteiger partial charge in [0.25, 0.3) is 0 Å². The molecule has 13 heteroatoms. The van der Waals surface area contributed by atoms with Crippen LogP contribution in [-0.2, 0) is 47.7 Å². The number of methoxy groups -OCH3 is 5. The van der Waals surface area contributed by atoms with Crippen molar-refractivity contribution in [3.05, 3.63) is 0 Å². The number of nitrogens with zero attached hydrogens (tertiary/aromatic N) is 3. The summed E-state index contributed by atoms with van der Waals surface area (Å²) in [4.78, 5) is 64.3. The van der Waals surface area contributed by atoms with E-state index in [2.05, 4.69) is 4.90 Å². The van der Waals surface area contributed by atoms with E-state index in [1.165, 1.54) is 35.5 Å². The van der Waals surface area contributed by atoms with Crippen LogP contribution in [0.5, 0.6) is 0 Å². The first-order chi connectivity index (χ1) is 18.7. The molecule has 0 heterocycles. The minimum atomic E-state index is -0.318. The molecule has 0 N–H and O–H groups in total. The maximum Gasteiger partial charge on any atom is 0.306 e. The van der Waals surface area contributed by atoms with E-state index in [0.717, 1.165) is 12.8 Å². The Kier molecular flexibility index (Phi) is 21.5. The maximum absolute atomic E-state index is 11.7. The average molecular weight is 562 g/mol. The Bertz CT molecular complexity index is 645. The summed E-state index contributed by atoms with van der Waals surface area (Å²) in [6, 6.07) is 0. The van der Waals surface area contributed by atoms with E-state index in [9.17, 15) is 24.0 Å². The normalized spacial score (nSPS) is 11.0. The highest BCUT2D eigenvalue weighted by Crippen LogP contribution is 2.05. The number of carbonyl (C=O) groups is 5. The van der Waals surface area contributed by atoms with Crippen LogP contribution in [0.4, 0.5) is 0 Å². The molecule has 0 atom stereocenters. The molecular formula is C26H47N3O10. The van der Waals surface area contributed by atoms with Crippen LogP contribution in [0.25, 0.3) is 0 Å². The maximum atomic E-state index is 11.7. The van der Waals surface area contributed by atoms with Crippen molar-refractivity contribution in [3.8, 4) is 0 Å². The highest BCUT2D eigenvalue weighted by atomic mass is 16.5. The predicted molar refractivity (Wildman–Crippen MR) is 142 cm³/mol. The van der Waals surface area contributed by atoms with Crippen LogP contribution >= 0.6 is 0 Å². The number of ether oxygens (including phenoxy) is 5. The van der Waals surface area contributed by atoms with Crippen molar-refractivity contribution in [2.24, 2.45) is 0 Å². The summed E-state index contributed by atoms with van der Waals surface area (Å²) < 4.78 is 23.7. The smallest absolute Gasteiger partial charge is 0.306 e. The van der Waals surface area contributed by atoms with Gasteiger partial charge in [0, 0.05) is 32.7 Å². The van der Waals surface area contributed by atoms with Gasteiger partial charge in [-0.15, -0.1) is 0 Å². The Balaban J connectivity index is 5.01. The molecule has 226 valence electrons. The van der Waals surface area contributed by atoms with Gasteiger partial charge in [-0.05, 0) is 39.0 Å². The lowest BCUT2D eigenvalue weighted by molar-refractivity contribution is -0.142. The third-order valence-electron chi connectivity index (χ3n) is 6.20. The van der Waals surface area contributed by atoms with Crippen LogP contribution in [0.1, 0.15) is 44.9 Å². The third-order valence-corrected chi connectivity index (χ3v) is 6.20. The van der Waals surface area contributed by atoms with Crippen molar-refractivity contribution >= 4 is 29.8 Å². The van der Waals surface area contributed by atoms with Gasteiger partial charge in [-0.3, -0.25) is 24.0 Å². The van der Waals surface area contributed by atoms with E-state index in [1.54, 1.807) is 0 Å². The van der Waals surface area contributed by atoms with E-state index < -0.39 is 0 Å². The van der Waals surface area contributed by atoms with Gasteiger partial charge < -0.3 is 38.4 Å². The van der Waals surface area contributed by atoms with E-state index >= 15 is 0 Å². The second-order valence-electron chi connectivity index (χ2n) is 8.86. The number of rotatable bonds is 23. The molecule has 0 unspecified atom stereocenters. The quantitative estimate of drug-likeness (QED) is 0.126. The van der Waals surface area contributed by atoms with Crippen molar-refractivity contribution in [1.82, 2.24) is 14.7 Å². The molecule has 0 rings (SSSR count). The minimum absolute atomic E-state index is 0.219. The monoisotopic (exact) mass is 561 g/mol. The second-order valence-corrected chi connectivity index (χ2v) is 8.86. The lowest BCUT2D eigenvalue weighted by Gasteiger charge is -2.27. The molecule has 0 saturated carbocycles. The summed E-state index contributed by atoms with van der Waals surface area (Å²) in [7, 11) is 6.71. The molecule has 0 saturated heterocycles. The minimum Gasteiger partial charge on any atom is -0.469 e. The largest absolute Gasteiger partial charge is 0.469 e. The molecule has 0 aliphatic heterocycles. The van der Waals surface area contributed by atoms with Gasteiger partial charge in [0.1, 0.15) is 0 Å². The average Bonchev–Trinajstić information content (AvgIpc) is 2.96. The molecule has 0 aliphatic carbocycles. The number of hydrogen-bond acceptors (Lipinski definition) is 13. The Morgan fingerprint density at radius 1 is 0.359 bits per heavy atom. The lowest BCUT2D eigenvalue weighted by Crippen LogP contribution is -2.36. The predicted octanol–water partition coefficient (Wildman–Crippen LogP) is 0.488. The summed E-state index contributed by atoms with van der Waals surface area (Å²) >= 11 is 0. The highest BCUT2D eigenvalue weighted by Gasteiger charge is 2.15. The third kappa shape index (κ3) is 19.9. The molecule has 39 heavy (non-hydrogen) atoms. The van der Waals surface area contributed by atoms with Crippen LogP contribution in [0.15, 0.2) is 0 Å². The zero-order valence-corrected chi connectivity index (χ0v) is 24.2. The fourth-order valence-electron chi connectivity index (χ4n) is 3.80. The van der Waals surface area contributed by atoms with Gasteiger partial charge in [-0.2, -0.15) is 0 Å². The Labute approximate surface area is 232 Å². The first-order valence-corrected chi connectivity index (χ1v) is 13.2. The van der Waals surface area contributed by atoms with Crippen molar-refractivity contribution in [2.45, 2.75) is 44.9 Å². The van der Waals surface area contributed by atoms with Crippen LogP contribution in [0.3, 0.4) is 0 Å². The number of carbonyl (C=O) groups excluding carboxylic acids is 5. The van der Waals surface area contributed by atoms with Gasteiger partial charge in [0.2, 0.25) is 0 Å². The lowest BCUT2D eigenvalue weighted by atomic mass is 10.2. The van der Waals surface area contributed by atoms with Crippen molar-refractivity contribution in [1.29, 1.82) is 0 Å². The summed E-state index contributed by atoms with van der Waals surface area (Å²) in [5.41, 5.74) is 0. The van der Waals surface area contributed by atoms with Gasteiger partial charge >= 0.3 is 29.8 Å². The Hall–Kier alpha value is -2.77. The summed E-state index contributed by atoms with van der Waals surface area (Å²) in [6.07, 6.45) is 2.62. The molecule has 0 bridgehead atoms. The summed E-state index contributed by atoms with van der Waals surface area (Å²) in [5, 5.41) is 0. The Morgan fingerprint density at radius 3 is 0.718 bits per heavy atom. The fourth-order valence-corrected chi connectivity index (χ4v) is 3.80. The number of hydrogen-bond donors (Lipinski definition) is 0. The van der Waals surface area contributed by atoms with Crippen LogP contribution in [0, 0.1) is 0 Å². The van der Waals surface area contributed by atoms with E-state index in [-0.39, 0.29) is 62.0 Å². The SMILES string of the molecule is COC(=O)CCN(CCCN(CCC(=O)OC)CCC(=O)OC)CCCN(CCC(=O)OC)CCC(=O)OC. The molecule has 0 aliphatic rings. The molecule has 13 nitrogen and oxygen atoms in total. The van der Waals surface area contributed by atoms with Gasteiger partial charge in [-0.1, -0.05) is 0 Å². The first-order valence-electron chi connectivity index (χ1n) is 13.2. The molecule has 0 aromatic carbocycles. The summed E-state index contributed by atoms with van der Waals surface area (Å²) in [5.74, 6) is -1.57. The van der Waals surface area contributed by atoms with E-state index in [1.807, 2.05) is 9.80 Å². The molecule has 0 aromatic heterocycles. The first kappa shape index (κ1) is 36.2. The zero-order valence-electron chi connectivity index (χ0n) is 24.2. The molecule has 0 radical (unpaired) electrons. The fraction of sp³-hybridized carbons (Fsp3) is 0.808. The highest BCUT2D eigenvalue weighted by molar-refractivity contribution is 5.70. The van der Waals surface area contributed by atoms with Crippen molar-refractivity contribution in [2.75, 3.05) is 94.5 Å². The van der Waals surface area contributed by atoms with Crippen LogP contribution < -0.4 is 0 Å². The van der Waals surface area contributed by atoms with Crippen molar-refractivity contribution < 1.29 is 47.7 Å². The Morgan fingerprint density at radius 2 is 0.538 bits per heavy atom. The molecule has 0 spiro atoms. The molecule has 0 aromatic rings. The van der Waals surface area contributed by atoms with Gasteiger partial charge in [-0.25, -0.2) is 0 Å². The van der Waals surface area contributed by atoms with Crippen molar-refractivity contribution in [3.63, 3.8) is 0 Å². The standard InChI is InChI=1S/C26H47N3O10/c1-35-22(30)8-17-27(13-6-15-28(18-9-23(31)36-2)19-10-24(32)37-3)14-7-16-29(20-11-25(33)38-4)21-12-26(34)39-5/h6-21H2,1-5H3. The molecule has 0 amide bonds. The van der Waals surface area contributed by atoms with E-state index in [0.29, 0.717) is 58.9 Å². The van der Waals surface area contributed by atoms with Crippen LogP contribution in [-0.4, -0.2) is 139 Å². The topological polar surface area (TPSA) is 141 Å². The zero-order chi connectivity index (χ0) is 29.5. The molecule has 0 fully saturated rings. The van der Waals surface area contributed by atoms with E-state index in [4.69, 9.17) is 23.7 Å². The van der Waals surface area contributed by atoms with Crippen LogP contribution in [0.2, 0.25) is 0 Å².